The van der Waals surface area contributed by atoms with Crippen LogP contribution in [0.25, 0.3) is 0 Å². The van der Waals surface area contributed by atoms with Crippen LogP contribution in [0.15, 0.2) is 42.5 Å². The van der Waals surface area contributed by atoms with E-state index in [1.165, 1.54) is 6.92 Å². The smallest absolute Gasteiger partial charge is 0.255 e. The van der Waals surface area contributed by atoms with Crippen molar-refractivity contribution < 1.29 is 19.1 Å². The van der Waals surface area contributed by atoms with Crippen LogP contribution in [0.5, 0.6) is 5.75 Å². The van der Waals surface area contributed by atoms with Crippen molar-refractivity contribution in [3.63, 3.8) is 0 Å². The molecule has 6 heteroatoms. The molecule has 1 fully saturated rings. The molecule has 0 radical (unpaired) electrons. The number of rotatable bonds is 6. The number of aryl methyl sites for hydroxylation is 1. The van der Waals surface area contributed by atoms with Gasteiger partial charge in [0, 0.05) is 30.5 Å². The van der Waals surface area contributed by atoms with E-state index < -0.39 is 0 Å². The lowest BCUT2D eigenvalue weighted by Gasteiger charge is -2.12. The summed E-state index contributed by atoms with van der Waals surface area (Å²) in [5, 5.41) is 5.60. The second-order valence-electron chi connectivity index (χ2n) is 6.64. The molecule has 0 spiro atoms. The first-order chi connectivity index (χ1) is 13.0. The second-order valence-corrected chi connectivity index (χ2v) is 6.64. The molecule has 0 saturated carbocycles. The van der Waals surface area contributed by atoms with Crippen molar-refractivity contribution in [1.82, 2.24) is 0 Å². The zero-order valence-corrected chi connectivity index (χ0v) is 15.6. The van der Waals surface area contributed by atoms with Crippen molar-refractivity contribution in [1.29, 1.82) is 0 Å². The predicted octanol–water partition coefficient (Wildman–Crippen LogP) is 3.76. The molecule has 1 aliphatic heterocycles. The summed E-state index contributed by atoms with van der Waals surface area (Å²) in [6.45, 7) is 4.68. The normalized spacial score (nSPS) is 16.0. The maximum absolute atomic E-state index is 12.5. The van der Waals surface area contributed by atoms with E-state index in [-0.39, 0.29) is 17.9 Å². The molecule has 142 valence electrons. The predicted molar refractivity (Wildman–Crippen MR) is 104 cm³/mol. The summed E-state index contributed by atoms with van der Waals surface area (Å²) in [7, 11) is 0. The van der Waals surface area contributed by atoms with Crippen LogP contribution >= 0.6 is 0 Å². The summed E-state index contributed by atoms with van der Waals surface area (Å²) in [5.74, 6) is 0.337. The third-order valence-electron chi connectivity index (χ3n) is 4.38. The zero-order valence-electron chi connectivity index (χ0n) is 15.6. The molecule has 1 aliphatic rings. The zero-order chi connectivity index (χ0) is 19.2. The fraction of sp³-hybridized carbons (Fsp3) is 0.333. The monoisotopic (exact) mass is 368 g/mol. The van der Waals surface area contributed by atoms with Crippen LogP contribution < -0.4 is 15.4 Å². The van der Waals surface area contributed by atoms with E-state index in [9.17, 15) is 9.59 Å². The van der Waals surface area contributed by atoms with E-state index in [0.29, 0.717) is 29.3 Å². The van der Waals surface area contributed by atoms with Gasteiger partial charge in [-0.25, -0.2) is 0 Å². The molecule has 27 heavy (non-hydrogen) atoms. The molecule has 2 amide bonds. The van der Waals surface area contributed by atoms with Gasteiger partial charge in [-0.05, 0) is 61.7 Å². The maximum Gasteiger partial charge on any atom is 0.255 e. The topological polar surface area (TPSA) is 76.7 Å². The Labute approximate surface area is 158 Å². The minimum Gasteiger partial charge on any atom is -0.491 e. The van der Waals surface area contributed by atoms with Crippen LogP contribution in [0.2, 0.25) is 0 Å². The molecule has 2 aromatic carbocycles. The van der Waals surface area contributed by atoms with Crippen molar-refractivity contribution in [3.8, 4) is 5.75 Å². The third-order valence-corrected chi connectivity index (χ3v) is 4.38. The van der Waals surface area contributed by atoms with Crippen molar-refractivity contribution in [2.45, 2.75) is 32.8 Å². The van der Waals surface area contributed by atoms with Crippen LogP contribution in [0, 0.1) is 6.92 Å². The SMILES string of the molecule is CC(=O)Nc1cc(NC(=O)c2ccc(OCC3CCCO3)cc2)ccc1C. The minimum atomic E-state index is -0.224. The van der Waals surface area contributed by atoms with Crippen molar-refractivity contribution in [2.75, 3.05) is 23.8 Å². The van der Waals surface area contributed by atoms with E-state index in [1.807, 2.05) is 13.0 Å². The van der Waals surface area contributed by atoms with Gasteiger partial charge in [0.2, 0.25) is 5.91 Å². The lowest BCUT2D eigenvalue weighted by Crippen LogP contribution is -2.16. The van der Waals surface area contributed by atoms with Gasteiger partial charge < -0.3 is 20.1 Å². The largest absolute Gasteiger partial charge is 0.491 e. The molecule has 0 bridgehead atoms. The second kappa shape index (κ2) is 8.68. The number of nitrogens with one attached hydrogen (secondary N) is 2. The molecule has 3 rings (SSSR count). The summed E-state index contributed by atoms with van der Waals surface area (Å²) in [4.78, 5) is 23.7. The summed E-state index contributed by atoms with van der Waals surface area (Å²) in [5.41, 5.74) is 2.75. The van der Waals surface area contributed by atoms with Gasteiger partial charge in [-0.1, -0.05) is 6.07 Å². The average molecular weight is 368 g/mol. The summed E-state index contributed by atoms with van der Waals surface area (Å²) >= 11 is 0. The Kier molecular flexibility index (Phi) is 6.08. The van der Waals surface area contributed by atoms with E-state index in [2.05, 4.69) is 10.6 Å². The quantitative estimate of drug-likeness (QED) is 0.814. The number of ether oxygens (including phenoxy) is 2. The number of carbonyl (C=O) groups excluding carboxylic acids is 2. The van der Waals surface area contributed by atoms with E-state index in [4.69, 9.17) is 9.47 Å². The van der Waals surface area contributed by atoms with Crippen molar-refractivity contribution in [2.24, 2.45) is 0 Å². The molecule has 1 heterocycles. The first-order valence-electron chi connectivity index (χ1n) is 9.05. The van der Waals surface area contributed by atoms with Gasteiger partial charge in [-0.2, -0.15) is 0 Å². The standard InChI is InChI=1S/C21H24N2O4/c1-14-5-8-17(12-20(14)22-15(2)24)23-21(25)16-6-9-18(10-7-16)27-13-19-4-3-11-26-19/h5-10,12,19H,3-4,11,13H2,1-2H3,(H,22,24)(H,23,25). The maximum atomic E-state index is 12.5. The van der Waals surface area contributed by atoms with Gasteiger partial charge in [-0.3, -0.25) is 9.59 Å². The highest BCUT2D eigenvalue weighted by Gasteiger charge is 2.16. The Bertz CT molecular complexity index is 811. The Hall–Kier alpha value is -2.86. The highest BCUT2D eigenvalue weighted by atomic mass is 16.5. The van der Waals surface area contributed by atoms with Crippen LogP contribution in [0.3, 0.4) is 0 Å². The molecular weight excluding hydrogens is 344 g/mol. The fourth-order valence-corrected chi connectivity index (χ4v) is 2.89. The first kappa shape index (κ1) is 18.9. The van der Waals surface area contributed by atoms with Gasteiger partial charge >= 0.3 is 0 Å². The van der Waals surface area contributed by atoms with E-state index in [1.54, 1.807) is 36.4 Å². The Morgan fingerprint density at radius 3 is 2.59 bits per heavy atom. The molecule has 1 saturated heterocycles. The molecule has 2 N–H and O–H groups in total. The number of anilines is 2. The molecule has 6 nitrogen and oxygen atoms in total. The fourth-order valence-electron chi connectivity index (χ4n) is 2.89. The number of hydrogen-bond acceptors (Lipinski definition) is 4. The third kappa shape index (κ3) is 5.31. The van der Waals surface area contributed by atoms with E-state index in [0.717, 1.165) is 25.0 Å². The molecular formula is C21H24N2O4. The molecule has 2 aromatic rings. The average Bonchev–Trinajstić information content (AvgIpc) is 3.16. The molecule has 1 atom stereocenters. The van der Waals surface area contributed by atoms with Gasteiger partial charge in [0.05, 0.1) is 6.10 Å². The first-order valence-corrected chi connectivity index (χ1v) is 9.05. The summed E-state index contributed by atoms with van der Waals surface area (Å²) < 4.78 is 11.2. The summed E-state index contributed by atoms with van der Waals surface area (Å²) in [6.07, 6.45) is 2.26. The van der Waals surface area contributed by atoms with Crippen LogP contribution in [0.1, 0.15) is 35.7 Å². The Morgan fingerprint density at radius 2 is 1.93 bits per heavy atom. The minimum absolute atomic E-state index is 0.153. The van der Waals surface area contributed by atoms with E-state index >= 15 is 0 Å². The Balaban J connectivity index is 1.59. The number of hydrogen-bond donors (Lipinski definition) is 2. The number of benzene rings is 2. The van der Waals surface area contributed by atoms with Crippen LogP contribution in [-0.4, -0.2) is 31.1 Å². The van der Waals surface area contributed by atoms with Gasteiger partial charge in [0.15, 0.2) is 0 Å². The van der Waals surface area contributed by atoms with Crippen molar-refractivity contribution >= 4 is 23.2 Å². The number of amides is 2. The summed E-state index contributed by atoms with van der Waals surface area (Å²) in [6, 6.07) is 12.4. The van der Waals surface area contributed by atoms with Crippen molar-refractivity contribution in [3.05, 3.63) is 53.6 Å². The lowest BCUT2D eigenvalue weighted by atomic mass is 10.1. The lowest BCUT2D eigenvalue weighted by molar-refractivity contribution is -0.114. The van der Waals surface area contributed by atoms with Crippen LogP contribution in [-0.2, 0) is 9.53 Å². The van der Waals surface area contributed by atoms with Crippen LogP contribution in [0.4, 0.5) is 11.4 Å². The molecule has 0 aromatic heterocycles. The Morgan fingerprint density at radius 1 is 1.15 bits per heavy atom. The van der Waals surface area contributed by atoms with Gasteiger partial charge in [0.1, 0.15) is 12.4 Å². The highest BCUT2D eigenvalue weighted by Crippen LogP contribution is 2.22. The molecule has 1 unspecified atom stereocenters. The van der Waals surface area contributed by atoms with Gasteiger partial charge in [-0.15, -0.1) is 0 Å². The highest BCUT2D eigenvalue weighted by molar-refractivity contribution is 6.04. The molecule has 0 aliphatic carbocycles. The number of carbonyl (C=O) groups is 2. The van der Waals surface area contributed by atoms with Gasteiger partial charge in [0.25, 0.3) is 5.91 Å².